The summed E-state index contributed by atoms with van der Waals surface area (Å²) in [5.74, 6) is -0.0835. The summed E-state index contributed by atoms with van der Waals surface area (Å²) in [5, 5.41) is 3.00. The summed E-state index contributed by atoms with van der Waals surface area (Å²) in [6, 6.07) is 0. The molecule has 0 fully saturated rings. The van der Waals surface area contributed by atoms with Crippen molar-refractivity contribution in [2.75, 3.05) is 6.54 Å². The van der Waals surface area contributed by atoms with E-state index in [1.54, 1.807) is 0 Å². The van der Waals surface area contributed by atoms with E-state index in [2.05, 4.69) is 15.3 Å². The Morgan fingerprint density at radius 3 is 2.69 bits per heavy atom. The van der Waals surface area contributed by atoms with Crippen LogP contribution in [0.25, 0.3) is 0 Å². The van der Waals surface area contributed by atoms with Crippen molar-refractivity contribution in [1.82, 2.24) is 15.3 Å². The Morgan fingerprint density at radius 1 is 1.38 bits per heavy atom. The van der Waals surface area contributed by atoms with Crippen LogP contribution in [0.4, 0.5) is 0 Å². The molecule has 1 amide bonds. The van der Waals surface area contributed by atoms with Crippen LogP contribution in [0.15, 0.2) is 0 Å². The van der Waals surface area contributed by atoms with Gasteiger partial charge in [0.05, 0.1) is 17.0 Å². The first-order valence-corrected chi connectivity index (χ1v) is 5.93. The van der Waals surface area contributed by atoms with Crippen LogP contribution in [0.5, 0.6) is 0 Å². The highest BCUT2D eigenvalue weighted by atomic mass is 35.5. The summed E-state index contributed by atoms with van der Waals surface area (Å²) in [5.41, 5.74) is 2.12. The van der Waals surface area contributed by atoms with Gasteiger partial charge in [0, 0.05) is 13.0 Å². The standard InChI is InChI=1S/C9H10ClN3O.C2H6/c1-2-5-7-6(13-9(10)12-5)3-4-11-8(7)14;1-2/h2-4H2,1H3,(H,11,14);1-2H3. The zero-order valence-electron chi connectivity index (χ0n) is 9.80. The first-order chi connectivity index (χ1) is 7.72. The third kappa shape index (κ3) is 2.50. The molecule has 1 aliphatic heterocycles. The zero-order valence-corrected chi connectivity index (χ0v) is 10.6. The van der Waals surface area contributed by atoms with Crippen molar-refractivity contribution in [3.05, 3.63) is 22.2 Å². The van der Waals surface area contributed by atoms with Gasteiger partial charge in [0.2, 0.25) is 5.28 Å². The predicted octanol–water partition coefficient (Wildman–Crippen LogP) is 2.00. The van der Waals surface area contributed by atoms with Gasteiger partial charge in [-0.3, -0.25) is 4.79 Å². The van der Waals surface area contributed by atoms with Crippen LogP contribution in [0.2, 0.25) is 5.28 Å². The smallest absolute Gasteiger partial charge is 0.255 e. The third-order valence-corrected chi connectivity index (χ3v) is 2.41. The molecule has 1 N–H and O–H groups in total. The third-order valence-electron chi connectivity index (χ3n) is 2.24. The highest BCUT2D eigenvalue weighted by Crippen LogP contribution is 2.17. The molecule has 2 rings (SSSR count). The van der Waals surface area contributed by atoms with Gasteiger partial charge in [-0.1, -0.05) is 20.8 Å². The second-order valence-electron chi connectivity index (χ2n) is 3.12. The maximum Gasteiger partial charge on any atom is 0.255 e. The average molecular weight is 242 g/mol. The molecule has 0 unspecified atom stereocenters. The van der Waals surface area contributed by atoms with Gasteiger partial charge < -0.3 is 5.32 Å². The largest absolute Gasteiger partial charge is 0.352 e. The van der Waals surface area contributed by atoms with E-state index in [-0.39, 0.29) is 11.2 Å². The van der Waals surface area contributed by atoms with E-state index >= 15 is 0 Å². The first kappa shape index (κ1) is 12.9. The summed E-state index contributed by atoms with van der Waals surface area (Å²) < 4.78 is 0. The SMILES string of the molecule is CC.CCc1nc(Cl)nc2c1C(=O)NCC2. The van der Waals surface area contributed by atoms with Crippen molar-refractivity contribution < 1.29 is 4.79 Å². The Bertz CT molecular complexity index is 376. The summed E-state index contributed by atoms with van der Waals surface area (Å²) in [6.45, 7) is 6.57. The molecular formula is C11H16ClN3O. The molecule has 0 bridgehead atoms. The van der Waals surface area contributed by atoms with Gasteiger partial charge in [-0.05, 0) is 18.0 Å². The van der Waals surface area contributed by atoms with Gasteiger partial charge in [0.25, 0.3) is 5.91 Å². The molecule has 2 heterocycles. The predicted molar refractivity (Wildman–Crippen MR) is 63.8 cm³/mol. The molecule has 0 aliphatic carbocycles. The second-order valence-corrected chi connectivity index (χ2v) is 3.46. The summed E-state index contributed by atoms with van der Waals surface area (Å²) >= 11 is 5.75. The molecule has 1 aromatic heterocycles. The number of rotatable bonds is 1. The Kier molecular flexibility index (Phi) is 4.68. The maximum atomic E-state index is 11.5. The molecule has 0 atom stereocenters. The fraction of sp³-hybridized carbons (Fsp3) is 0.545. The first-order valence-electron chi connectivity index (χ1n) is 5.56. The molecule has 0 aromatic carbocycles. The van der Waals surface area contributed by atoms with E-state index in [1.165, 1.54) is 0 Å². The van der Waals surface area contributed by atoms with Crippen molar-refractivity contribution in [2.45, 2.75) is 33.6 Å². The molecule has 4 nitrogen and oxygen atoms in total. The number of fused-ring (bicyclic) bond motifs is 1. The Labute approximate surface area is 100 Å². The minimum absolute atomic E-state index is 0.0835. The number of carbonyl (C=O) groups is 1. The topological polar surface area (TPSA) is 54.9 Å². The van der Waals surface area contributed by atoms with Gasteiger partial charge in [-0.25, -0.2) is 9.97 Å². The molecule has 0 saturated heterocycles. The van der Waals surface area contributed by atoms with E-state index < -0.39 is 0 Å². The fourth-order valence-electron chi connectivity index (χ4n) is 1.61. The molecular weight excluding hydrogens is 226 g/mol. The summed E-state index contributed by atoms with van der Waals surface area (Å²) in [7, 11) is 0. The van der Waals surface area contributed by atoms with E-state index in [9.17, 15) is 4.79 Å². The lowest BCUT2D eigenvalue weighted by Gasteiger charge is -2.17. The monoisotopic (exact) mass is 241 g/mol. The van der Waals surface area contributed by atoms with Crippen molar-refractivity contribution in [1.29, 1.82) is 0 Å². The highest BCUT2D eigenvalue weighted by molar-refractivity contribution is 6.28. The van der Waals surface area contributed by atoms with Crippen molar-refractivity contribution in [2.24, 2.45) is 0 Å². The molecule has 0 spiro atoms. The fourth-order valence-corrected chi connectivity index (χ4v) is 1.81. The Morgan fingerprint density at radius 2 is 2.06 bits per heavy atom. The number of aryl methyl sites for hydroxylation is 1. The minimum Gasteiger partial charge on any atom is -0.352 e. The Hall–Kier alpha value is -1.16. The number of amides is 1. The van der Waals surface area contributed by atoms with Crippen LogP contribution in [-0.2, 0) is 12.8 Å². The number of hydrogen-bond donors (Lipinski definition) is 1. The van der Waals surface area contributed by atoms with Gasteiger partial charge in [-0.2, -0.15) is 0 Å². The van der Waals surface area contributed by atoms with Crippen LogP contribution in [0.3, 0.4) is 0 Å². The van der Waals surface area contributed by atoms with E-state index in [1.807, 2.05) is 20.8 Å². The van der Waals surface area contributed by atoms with Crippen molar-refractivity contribution in [3.8, 4) is 0 Å². The number of nitrogens with one attached hydrogen (secondary N) is 1. The van der Waals surface area contributed by atoms with Gasteiger partial charge in [-0.15, -0.1) is 0 Å². The lowest BCUT2D eigenvalue weighted by atomic mass is 10.0. The molecule has 0 saturated carbocycles. The lowest BCUT2D eigenvalue weighted by Crippen LogP contribution is -2.34. The molecule has 16 heavy (non-hydrogen) atoms. The van der Waals surface area contributed by atoms with E-state index in [0.29, 0.717) is 18.5 Å². The van der Waals surface area contributed by atoms with Crippen LogP contribution < -0.4 is 5.32 Å². The van der Waals surface area contributed by atoms with Crippen molar-refractivity contribution in [3.63, 3.8) is 0 Å². The normalized spacial score (nSPS) is 13.4. The number of nitrogens with zero attached hydrogens (tertiary/aromatic N) is 2. The quantitative estimate of drug-likeness (QED) is 0.766. The molecule has 1 aliphatic rings. The molecule has 1 aromatic rings. The van der Waals surface area contributed by atoms with Gasteiger partial charge >= 0.3 is 0 Å². The van der Waals surface area contributed by atoms with E-state index in [0.717, 1.165) is 17.8 Å². The zero-order chi connectivity index (χ0) is 12.1. The lowest BCUT2D eigenvalue weighted by molar-refractivity contribution is 0.0943. The van der Waals surface area contributed by atoms with Gasteiger partial charge in [0.1, 0.15) is 0 Å². The van der Waals surface area contributed by atoms with Gasteiger partial charge in [0.15, 0.2) is 0 Å². The molecule has 0 radical (unpaired) electrons. The van der Waals surface area contributed by atoms with Crippen LogP contribution in [-0.4, -0.2) is 22.4 Å². The number of halogens is 1. The summed E-state index contributed by atoms with van der Waals surface area (Å²) in [6.07, 6.45) is 1.42. The second kappa shape index (κ2) is 5.80. The number of aromatic nitrogens is 2. The van der Waals surface area contributed by atoms with Crippen LogP contribution >= 0.6 is 11.6 Å². The number of carbonyl (C=O) groups excluding carboxylic acids is 1. The summed E-state index contributed by atoms with van der Waals surface area (Å²) in [4.78, 5) is 19.7. The minimum atomic E-state index is -0.0835. The maximum absolute atomic E-state index is 11.5. The van der Waals surface area contributed by atoms with Crippen LogP contribution in [0.1, 0.15) is 42.5 Å². The highest BCUT2D eigenvalue weighted by Gasteiger charge is 2.22. The molecule has 5 heteroatoms. The average Bonchev–Trinajstić information content (AvgIpc) is 2.30. The molecule has 88 valence electrons. The Balaban J connectivity index is 0.000000606. The van der Waals surface area contributed by atoms with Crippen molar-refractivity contribution >= 4 is 17.5 Å². The number of hydrogen-bond acceptors (Lipinski definition) is 3. The van der Waals surface area contributed by atoms with E-state index in [4.69, 9.17) is 11.6 Å². The van der Waals surface area contributed by atoms with Crippen LogP contribution in [0, 0.1) is 0 Å².